The molecule has 0 aliphatic carbocycles. The molecule has 0 unspecified atom stereocenters. The number of hydrogen-bond acceptors (Lipinski definition) is 3. The molecule has 1 heterocycles. The van der Waals surface area contributed by atoms with Gasteiger partial charge >= 0.3 is 0 Å². The normalized spacial score (nSPS) is 15.4. The number of rotatable bonds is 6. The summed E-state index contributed by atoms with van der Waals surface area (Å²) in [5, 5.41) is 9.05. The molecular formula is C25H20F2N2O2. The van der Waals surface area contributed by atoms with Crippen LogP contribution in [0.15, 0.2) is 72.8 Å². The lowest BCUT2D eigenvalue weighted by Gasteiger charge is -2.35. The van der Waals surface area contributed by atoms with Gasteiger partial charge in [0, 0.05) is 13.0 Å². The van der Waals surface area contributed by atoms with Crippen LogP contribution < -0.4 is 4.74 Å². The summed E-state index contributed by atoms with van der Waals surface area (Å²) in [5.74, 6) is -0.255. The van der Waals surface area contributed by atoms with E-state index in [4.69, 9.17) is 10.00 Å². The number of ether oxygens (including phenoxy) is 1. The van der Waals surface area contributed by atoms with Gasteiger partial charge in [0.05, 0.1) is 17.7 Å². The van der Waals surface area contributed by atoms with Crippen LogP contribution in [0, 0.1) is 23.0 Å². The highest BCUT2D eigenvalue weighted by Crippen LogP contribution is 2.40. The van der Waals surface area contributed by atoms with Crippen LogP contribution in [0.5, 0.6) is 5.75 Å². The monoisotopic (exact) mass is 418 g/mol. The summed E-state index contributed by atoms with van der Waals surface area (Å²) in [7, 11) is 0. The third-order valence-corrected chi connectivity index (χ3v) is 5.39. The lowest BCUT2D eigenvalue weighted by Crippen LogP contribution is -2.36. The molecule has 1 saturated heterocycles. The number of nitriles is 1. The molecule has 4 nitrogen and oxygen atoms in total. The zero-order valence-electron chi connectivity index (χ0n) is 16.7. The summed E-state index contributed by atoms with van der Waals surface area (Å²) >= 11 is 0. The number of carbonyl (C=O) groups is 1. The molecule has 1 fully saturated rings. The summed E-state index contributed by atoms with van der Waals surface area (Å²) in [4.78, 5) is 14.4. The molecule has 1 aliphatic heterocycles. The lowest BCUT2D eigenvalue weighted by atomic mass is 9.94. The van der Waals surface area contributed by atoms with Gasteiger partial charge in [0.15, 0.2) is 0 Å². The number of likely N-dealkylation sites (tertiary alicyclic amines) is 1. The average molecular weight is 418 g/mol. The maximum atomic E-state index is 13.6. The fraction of sp³-hybridized carbons (Fsp3) is 0.200. The minimum absolute atomic E-state index is 0.00938. The average Bonchev–Trinajstić information content (AvgIpc) is 3.21. The molecule has 31 heavy (non-hydrogen) atoms. The maximum Gasteiger partial charge on any atom is 0.223 e. The minimum Gasteiger partial charge on any atom is -0.483 e. The summed E-state index contributed by atoms with van der Waals surface area (Å²) < 4.78 is 33.6. The topological polar surface area (TPSA) is 53.3 Å². The van der Waals surface area contributed by atoms with Crippen LogP contribution in [0.3, 0.4) is 0 Å². The van der Waals surface area contributed by atoms with Gasteiger partial charge in [-0.05, 0) is 66.1 Å². The van der Waals surface area contributed by atoms with E-state index in [0.29, 0.717) is 29.8 Å². The van der Waals surface area contributed by atoms with Gasteiger partial charge in [-0.3, -0.25) is 4.79 Å². The van der Waals surface area contributed by atoms with E-state index in [1.54, 1.807) is 53.4 Å². The Morgan fingerprint density at radius 1 is 0.871 bits per heavy atom. The van der Waals surface area contributed by atoms with Crippen LogP contribution in [0.4, 0.5) is 8.78 Å². The zero-order valence-corrected chi connectivity index (χ0v) is 16.7. The first-order valence-corrected chi connectivity index (χ1v) is 10.0. The van der Waals surface area contributed by atoms with Gasteiger partial charge in [-0.1, -0.05) is 24.3 Å². The van der Waals surface area contributed by atoms with Gasteiger partial charge in [-0.25, -0.2) is 8.78 Å². The van der Waals surface area contributed by atoms with Gasteiger partial charge < -0.3 is 9.64 Å². The van der Waals surface area contributed by atoms with Crippen LogP contribution in [0.1, 0.15) is 41.7 Å². The van der Waals surface area contributed by atoms with E-state index in [1.165, 1.54) is 24.3 Å². The summed E-state index contributed by atoms with van der Waals surface area (Å²) in [6.45, 7) is 0.551. The highest BCUT2D eigenvalue weighted by molar-refractivity contribution is 5.78. The Hall–Kier alpha value is -3.72. The summed E-state index contributed by atoms with van der Waals surface area (Å²) in [6, 6.07) is 20.1. The standard InChI is InChI=1S/C25H20F2N2O2/c26-20-9-5-18(6-10-20)24(29-15-1-2-23(29)30)25(19-7-11-21(27)12-8-19)31-22-13-3-17(16-28)4-14-22/h3-14,24-25H,1-2,15H2/t24-,25+/m0/s1. The van der Waals surface area contributed by atoms with Crippen molar-refractivity contribution in [1.82, 2.24) is 4.90 Å². The Kier molecular flexibility index (Phi) is 5.94. The first-order chi connectivity index (χ1) is 15.0. The second-order valence-electron chi connectivity index (χ2n) is 7.41. The first kappa shape index (κ1) is 20.5. The van der Waals surface area contributed by atoms with Crippen molar-refractivity contribution in [2.75, 3.05) is 6.54 Å². The van der Waals surface area contributed by atoms with Crippen LogP contribution in [-0.2, 0) is 4.79 Å². The molecule has 0 spiro atoms. The SMILES string of the molecule is N#Cc1ccc(O[C@H](c2ccc(F)cc2)[C@H](c2ccc(F)cc2)N2CCCC2=O)cc1. The molecule has 0 radical (unpaired) electrons. The van der Waals surface area contributed by atoms with Gasteiger partial charge in [0.1, 0.15) is 23.5 Å². The van der Waals surface area contributed by atoms with Crippen molar-refractivity contribution in [2.45, 2.75) is 25.0 Å². The molecule has 1 amide bonds. The van der Waals surface area contributed by atoms with E-state index < -0.39 is 12.1 Å². The molecule has 0 bridgehead atoms. The number of halogens is 2. The van der Waals surface area contributed by atoms with Crippen LogP contribution >= 0.6 is 0 Å². The molecule has 6 heteroatoms. The summed E-state index contributed by atoms with van der Waals surface area (Å²) in [5.41, 5.74) is 1.90. The number of carbonyl (C=O) groups excluding carboxylic acids is 1. The van der Waals surface area contributed by atoms with Gasteiger partial charge in [-0.15, -0.1) is 0 Å². The van der Waals surface area contributed by atoms with Crippen molar-refractivity contribution < 1.29 is 18.3 Å². The Balaban J connectivity index is 1.80. The maximum absolute atomic E-state index is 13.6. The van der Waals surface area contributed by atoms with Crippen molar-refractivity contribution in [1.29, 1.82) is 5.26 Å². The van der Waals surface area contributed by atoms with E-state index in [-0.39, 0.29) is 17.5 Å². The Labute approximate surface area is 179 Å². The predicted molar refractivity (Wildman–Crippen MR) is 111 cm³/mol. The van der Waals surface area contributed by atoms with Gasteiger partial charge in [0.25, 0.3) is 0 Å². The van der Waals surface area contributed by atoms with Crippen molar-refractivity contribution in [3.8, 4) is 11.8 Å². The molecule has 3 aromatic rings. The second kappa shape index (κ2) is 8.97. The Morgan fingerprint density at radius 3 is 1.97 bits per heavy atom. The highest BCUT2D eigenvalue weighted by Gasteiger charge is 2.37. The fourth-order valence-electron chi connectivity index (χ4n) is 3.86. The largest absolute Gasteiger partial charge is 0.483 e. The smallest absolute Gasteiger partial charge is 0.223 e. The van der Waals surface area contributed by atoms with Crippen LogP contribution in [0.25, 0.3) is 0 Å². The van der Waals surface area contributed by atoms with Crippen molar-refractivity contribution in [3.05, 3.63) is 101 Å². The highest BCUT2D eigenvalue weighted by atomic mass is 19.1. The lowest BCUT2D eigenvalue weighted by molar-refractivity contribution is -0.131. The number of amides is 1. The van der Waals surface area contributed by atoms with Crippen LogP contribution in [0.2, 0.25) is 0 Å². The van der Waals surface area contributed by atoms with Crippen molar-refractivity contribution in [2.24, 2.45) is 0 Å². The van der Waals surface area contributed by atoms with Crippen molar-refractivity contribution in [3.63, 3.8) is 0 Å². The van der Waals surface area contributed by atoms with E-state index >= 15 is 0 Å². The zero-order chi connectivity index (χ0) is 21.8. The molecule has 1 aliphatic rings. The third-order valence-electron chi connectivity index (χ3n) is 5.39. The minimum atomic E-state index is -0.666. The number of hydrogen-bond donors (Lipinski definition) is 0. The van der Waals surface area contributed by atoms with E-state index in [1.807, 2.05) is 0 Å². The molecule has 156 valence electrons. The first-order valence-electron chi connectivity index (χ1n) is 10.0. The van der Waals surface area contributed by atoms with E-state index in [0.717, 1.165) is 12.0 Å². The molecule has 4 rings (SSSR count). The molecule has 3 aromatic carbocycles. The predicted octanol–water partition coefficient (Wildman–Crippen LogP) is 5.32. The Bertz CT molecular complexity index is 1090. The van der Waals surface area contributed by atoms with E-state index in [9.17, 15) is 13.6 Å². The number of nitrogens with zero attached hydrogens (tertiary/aromatic N) is 2. The summed E-state index contributed by atoms with van der Waals surface area (Å²) in [6.07, 6.45) is 0.495. The van der Waals surface area contributed by atoms with Crippen LogP contribution in [-0.4, -0.2) is 17.4 Å². The number of benzene rings is 3. The second-order valence-corrected chi connectivity index (χ2v) is 7.41. The van der Waals surface area contributed by atoms with Gasteiger partial charge in [0.2, 0.25) is 5.91 Å². The fourth-order valence-corrected chi connectivity index (χ4v) is 3.86. The van der Waals surface area contributed by atoms with Crippen molar-refractivity contribution >= 4 is 5.91 Å². The molecule has 0 N–H and O–H groups in total. The molecular weight excluding hydrogens is 398 g/mol. The molecule has 2 atom stereocenters. The van der Waals surface area contributed by atoms with E-state index in [2.05, 4.69) is 6.07 Å². The Morgan fingerprint density at radius 2 is 1.45 bits per heavy atom. The van der Waals surface area contributed by atoms with Gasteiger partial charge in [-0.2, -0.15) is 5.26 Å². The third kappa shape index (κ3) is 4.56. The molecule has 0 saturated carbocycles. The quantitative estimate of drug-likeness (QED) is 0.544. The molecule has 0 aromatic heterocycles.